The number of carbonyl (C=O) groups is 1. The van der Waals surface area contributed by atoms with Gasteiger partial charge in [0.1, 0.15) is 17.0 Å². The zero-order valence-electron chi connectivity index (χ0n) is 12.6. The van der Waals surface area contributed by atoms with Crippen LogP contribution in [0.4, 0.5) is 0 Å². The van der Waals surface area contributed by atoms with Gasteiger partial charge in [0.15, 0.2) is 0 Å². The van der Waals surface area contributed by atoms with Crippen LogP contribution in [0.3, 0.4) is 0 Å². The first-order valence-electron chi connectivity index (χ1n) is 7.31. The highest BCUT2D eigenvalue weighted by Crippen LogP contribution is 2.28. The monoisotopic (exact) mass is 363 g/mol. The molecule has 116 valence electrons. The minimum Gasteiger partial charge on any atom is -0.360 e. The van der Waals surface area contributed by atoms with E-state index in [1.807, 2.05) is 29.2 Å². The third-order valence-corrected chi connectivity index (χ3v) is 4.32. The second-order valence-electron chi connectivity index (χ2n) is 5.58. The number of rotatable bonds is 2. The van der Waals surface area contributed by atoms with Gasteiger partial charge in [-0.25, -0.2) is 0 Å². The summed E-state index contributed by atoms with van der Waals surface area (Å²) in [5, 5.41) is 7.44. The van der Waals surface area contributed by atoms with Gasteiger partial charge in [0.25, 0.3) is 5.91 Å². The molecule has 3 rings (SSSR count). The molecule has 0 radical (unpaired) electrons. The topological polar surface area (TPSA) is 58.4 Å². The standard InChI is InChI=1S/C16H18BrN3O2/c1-10-9-20(7-6-18-10)16(21)14-11(2)22-19-15(14)12-4-3-5-13(17)8-12/h3-5,8,10,18H,6-7,9H2,1-2H3/t10-/m1/s1. The lowest BCUT2D eigenvalue weighted by Gasteiger charge is -2.31. The predicted molar refractivity (Wildman–Crippen MR) is 87.7 cm³/mol. The predicted octanol–water partition coefficient (Wildman–Crippen LogP) is 2.85. The average molecular weight is 364 g/mol. The van der Waals surface area contributed by atoms with Crippen molar-refractivity contribution >= 4 is 21.8 Å². The molecule has 1 aliphatic heterocycles. The second kappa shape index (κ2) is 6.22. The SMILES string of the molecule is Cc1onc(-c2cccc(Br)c2)c1C(=O)N1CCN[C@H](C)C1. The van der Waals surface area contributed by atoms with Crippen LogP contribution in [0.2, 0.25) is 0 Å². The van der Waals surface area contributed by atoms with E-state index < -0.39 is 0 Å². The second-order valence-corrected chi connectivity index (χ2v) is 6.49. The first-order valence-corrected chi connectivity index (χ1v) is 8.10. The zero-order chi connectivity index (χ0) is 15.7. The normalized spacial score (nSPS) is 18.5. The first-order chi connectivity index (χ1) is 10.6. The zero-order valence-corrected chi connectivity index (χ0v) is 14.2. The molecule has 1 saturated heterocycles. The Bertz CT molecular complexity index is 698. The molecule has 0 spiro atoms. The van der Waals surface area contributed by atoms with Crippen LogP contribution >= 0.6 is 15.9 Å². The fraction of sp³-hybridized carbons (Fsp3) is 0.375. The smallest absolute Gasteiger partial charge is 0.259 e. The highest BCUT2D eigenvalue weighted by molar-refractivity contribution is 9.10. The molecule has 1 atom stereocenters. The van der Waals surface area contributed by atoms with Crippen molar-refractivity contribution in [3.8, 4) is 11.3 Å². The van der Waals surface area contributed by atoms with Gasteiger partial charge in [0.05, 0.1) is 0 Å². The van der Waals surface area contributed by atoms with Gasteiger partial charge >= 0.3 is 0 Å². The van der Waals surface area contributed by atoms with Crippen LogP contribution in [0, 0.1) is 6.92 Å². The van der Waals surface area contributed by atoms with E-state index in [-0.39, 0.29) is 5.91 Å². The van der Waals surface area contributed by atoms with Crippen LogP contribution in [-0.4, -0.2) is 41.6 Å². The minimum absolute atomic E-state index is 0.0120. The van der Waals surface area contributed by atoms with Gasteiger partial charge in [-0.3, -0.25) is 4.79 Å². The van der Waals surface area contributed by atoms with E-state index in [0.29, 0.717) is 36.1 Å². The Balaban J connectivity index is 1.97. The molecule has 0 unspecified atom stereocenters. The molecule has 1 aliphatic rings. The van der Waals surface area contributed by atoms with E-state index in [1.54, 1.807) is 6.92 Å². The summed E-state index contributed by atoms with van der Waals surface area (Å²) in [6.45, 7) is 6.07. The first kappa shape index (κ1) is 15.2. The molecule has 2 aromatic rings. The van der Waals surface area contributed by atoms with Crippen molar-refractivity contribution in [1.82, 2.24) is 15.4 Å². The molecule has 1 fully saturated rings. The molecule has 1 amide bonds. The van der Waals surface area contributed by atoms with Crippen molar-refractivity contribution in [1.29, 1.82) is 0 Å². The summed E-state index contributed by atoms with van der Waals surface area (Å²) in [7, 11) is 0. The largest absolute Gasteiger partial charge is 0.360 e. The molecule has 0 aliphatic carbocycles. The molecule has 5 nitrogen and oxygen atoms in total. The quantitative estimate of drug-likeness (QED) is 0.891. The Kier molecular flexibility index (Phi) is 4.31. The molecular weight excluding hydrogens is 346 g/mol. The number of benzene rings is 1. The van der Waals surface area contributed by atoms with E-state index >= 15 is 0 Å². The number of halogens is 1. The van der Waals surface area contributed by atoms with Gasteiger partial charge in [-0.1, -0.05) is 33.2 Å². The molecular formula is C16H18BrN3O2. The van der Waals surface area contributed by atoms with Crippen molar-refractivity contribution in [3.63, 3.8) is 0 Å². The number of aryl methyl sites for hydroxylation is 1. The van der Waals surface area contributed by atoms with E-state index in [0.717, 1.165) is 16.6 Å². The number of aromatic nitrogens is 1. The van der Waals surface area contributed by atoms with Gasteiger partial charge in [-0.2, -0.15) is 0 Å². The molecule has 0 saturated carbocycles. The van der Waals surface area contributed by atoms with Gasteiger partial charge in [0.2, 0.25) is 0 Å². The number of hydrogen-bond acceptors (Lipinski definition) is 4. The summed E-state index contributed by atoms with van der Waals surface area (Å²) in [5.41, 5.74) is 2.04. The van der Waals surface area contributed by atoms with Gasteiger partial charge in [-0.05, 0) is 26.0 Å². The number of nitrogens with one attached hydrogen (secondary N) is 1. The lowest BCUT2D eigenvalue weighted by molar-refractivity contribution is 0.0708. The molecule has 1 aromatic heterocycles. The molecule has 2 heterocycles. The Morgan fingerprint density at radius 1 is 1.50 bits per heavy atom. The number of piperazine rings is 1. The summed E-state index contributed by atoms with van der Waals surface area (Å²) < 4.78 is 6.24. The van der Waals surface area contributed by atoms with Crippen molar-refractivity contribution < 1.29 is 9.32 Å². The summed E-state index contributed by atoms with van der Waals surface area (Å²) in [6, 6.07) is 8.03. The fourth-order valence-electron chi connectivity index (χ4n) is 2.73. The minimum atomic E-state index is -0.0120. The van der Waals surface area contributed by atoms with Crippen molar-refractivity contribution in [2.75, 3.05) is 19.6 Å². The molecule has 22 heavy (non-hydrogen) atoms. The molecule has 0 bridgehead atoms. The fourth-order valence-corrected chi connectivity index (χ4v) is 3.13. The number of hydrogen-bond donors (Lipinski definition) is 1. The Hall–Kier alpha value is -1.66. The molecule has 1 N–H and O–H groups in total. The van der Waals surface area contributed by atoms with Crippen LogP contribution in [0.1, 0.15) is 23.0 Å². The summed E-state index contributed by atoms with van der Waals surface area (Å²) in [6.07, 6.45) is 0. The van der Waals surface area contributed by atoms with Crippen LogP contribution in [-0.2, 0) is 0 Å². The van der Waals surface area contributed by atoms with Crippen LogP contribution in [0.5, 0.6) is 0 Å². The van der Waals surface area contributed by atoms with E-state index in [9.17, 15) is 4.79 Å². The Morgan fingerprint density at radius 3 is 3.05 bits per heavy atom. The number of carbonyl (C=O) groups excluding carboxylic acids is 1. The van der Waals surface area contributed by atoms with E-state index in [2.05, 4.69) is 33.3 Å². The highest BCUT2D eigenvalue weighted by atomic mass is 79.9. The maximum Gasteiger partial charge on any atom is 0.259 e. The van der Waals surface area contributed by atoms with Crippen molar-refractivity contribution in [2.45, 2.75) is 19.9 Å². The summed E-state index contributed by atoms with van der Waals surface area (Å²) in [5.74, 6) is 0.549. The molecule has 1 aromatic carbocycles. The number of nitrogens with zero attached hydrogens (tertiary/aromatic N) is 2. The lowest BCUT2D eigenvalue weighted by atomic mass is 10.0. The highest BCUT2D eigenvalue weighted by Gasteiger charge is 2.28. The van der Waals surface area contributed by atoms with E-state index in [4.69, 9.17) is 4.52 Å². The van der Waals surface area contributed by atoms with Crippen LogP contribution < -0.4 is 5.32 Å². The lowest BCUT2D eigenvalue weighted by Crippen LogP contribution is -2.51. The van der Waals surface area contributed by atoms with Gasteiger partial charge in [-0.15, -0.1) is 0 Å². The molecule has 6 heteroatoms. The maximum absolute atomic E-state index is 12.9. The van der Waals surface area contributed by atoms with Gasteiger partial charge < -0.3 is 14.7 Å². The summed E-state index contributed by atoms with van der Waals surface area (Å²) >= 11 is 3.45. The van der Waals surface area contributed by atoms with Crippen molar-refractivity contribution in [3.05, 3.63) is 40.1 Å². The Labute approximate surface area is 137 Å². The van der Waals surface area contributed by atoms with Gasteiger partial charge in [0, 0.05) is 35.7 Å². The van der Waals surface area contributed by atoms with Crippen LogP contribution in [0.15, 0.2) is 33.3 Å². The third-order valence-electron chi connectivity index (χ3n) is 3.83. The van der Waals surface area contributed by atoms with Crippen molar-refractivity contribution in [2.24, 2.45) is 0 Å². The average Bonchev–Trinajstić information content (AvgIpc) is 2.88. The van der Waals surface area contributed by atoms with E-state index in [1.165, 1.54) is 0 Å². The maximum atomic E-state index is 12.9. The van der Waals surface area contributed by atoms with Crippen LogP contribution in [0.25, 0.3) is 11.3 Å². The third kappa shape index (κ3) is 2.94. The summed E-state index contributed by atoms with van der Waals surface area (Å²) in [4.78, 5) is 14.8. The Morgan fingerprint density at radius 2 is 2.32 bits per heavy atom. The number of amides is 1.